The molecular formula is C15H32N2O2S. The van der Waals surface area contributed by atoms with Crippen LogP contribution in [0.1, 0.15) is 47.0 Å². The van der Waals surface area contributed by atoms with Crippen molar-refractivity contribution in [2.75, 3.05) is 38.5 Å². The molecule has 0 amide bonds. The molecule has 0 radical (unpaired) electrons. The van der Waals surface area contributed by atoms with Gasteiger partial charge in [-0.3, -0.25) is 0 Å². The van der Waals surface area contributed by atoms with Gasteiger partial charge in [0.15, 0.2) is 9.84 Å². The molecule has 1 rings (SSSR count). The summed E-state index contributed by atoms with van der Waals surface area (Å²) in [5.41, 5.74) is 0. The van der Waals surface area contributed by atoms with Gasteiger partial charge in [-0.05, 0) is 65.6 Å². The van der Waals surface area contributed by atoms with Crippen LogP contribution >= 0.6 is 0 Å². The summed E-state index contributed by atoms with van der Waals surface area (Å²) in [5, 5.41) is 3.43. The summed E-state index contributed by atoms with van der Waals surface area (Å²) >= 11 is 0. The Morgan fingerprint density at radius 1 is 1.25 bits per heavy atom. The van der Waals surface area contributed by atoms with Crippen LogP contribution in [0.3, 0.4) is 0 Å². The average Bonchev–Trinajstić information content (AvgIpc) is 2.36. The van der Waals surface area contributed by atoms with Crippen LogP contribution in [0.25, 0.3) is 0 Å². The lowest BCUT2D eigenvalue weighted by atomic mass is 9.99. The fourth-order valence-corrected chi connectivity index (χ4v) is 3.72. The Labute approximate surface area is 125 Å². The highest BCUT2D eigenvalue weighted by atomic mass is 32.2. The second-order valence-electron chi connectivity index (χ2n) is 6.94. The molecule has 0 spiro atoms. The van der Waals surface area contributed by atoms with Gasteiger partial charge in [-0.15, -0.1) is 0 Å². The van der Waals surface area contributed by atoms with Crippen molar-refractivity contribution in [3.8, 4) is 0 Å². The summed E-state index contributed by atoms with van der Waals surface area (Å²) in [6.45, 7) is 12.4. The monoisotopic (exact) mass is 304 g/mol. The predicted molar refractivity (Wildman–Crippen MR) is 85.9 cm³/mol. The molecule has 1 heterocycles. The number of hydrogen-bond acceptors (Lipinski definition) is 4. The van der Waals surface area contributed by atoms with E-state index in [0.29, 0.717) is 12.5 Å². The fraction of sp³-hybridized carbons (Fsp3) is 1.00. The maximum absolute atomic E-state index is 12.2. The number of nitrogens with zero attached hydrogens (tertiary/aromatic N) is 1. The van der Waals surface area contributed by atoms with Gasteiger partial charge in [0.1, 0.15) is 0 Å². The zero-order chi connectivity index (χ0) is 15.2. The molecule has 1 atom stereocenters. The second kappa shape index (κ2) is 7.76. The van der Waals surface area contributed by atoms with Crippen LogP contribution in [0.5, 0.6) is 0 Å². The topological polar surface area (TPSA) is 49.4 Å². The van der Waals surface area contributed by atoms with E-state index in [-0.39, 0.29) is 5.75 Å². The average molecular weight is 305 g/mol. The van der Waals surface area contributed by atoms with Gasteiger partial charge in [0.05, 0.1) is 10.5 Å². The van der Waals surface area contributed by atoms with Gasteiger partial charge in [-0.2, -0.15) is 0 Å². The molecule has 1 unspecified atom stereocenters. The highest BCUT2D eigenvalue weighted by Gasteiger charge is 2.29. The largest absolute Gasteiger partial charge is 0.316 e. The summed E-state index contributed by atoms with van der Waals surface area (Å²) in [6, 6.07) is 0. The molecule has 0 aromatic rings. The second-order valence-corrected chi connectivity index (χ2v) is 9.81. The van der Waals surface area contributed by atoms with Crippen LogP contribution in [0.4, 0.5) is 0 Å². The van der Waals surface area contributed by atoms with Gasteiger partial charge in [-0.25, -0.2) is 8.42 Å². The van der Waals surface area contributed by atoms with Gasteiger partial charge in [-0.1, -0.05) is 6.92 Å². The number of nitrogens with one attached hydrogen (secondary N) is 1. The standard InChI is InChI=1S/C15H32N2O2S/c1-5-9-17(13-14-7-6-8-16-12-14)10-11-20(18,19)15(2,3)4/h14,16H,5-13H2,1-4H3. The van der Waals surface area contributed by atoms with E-state index in [0.717, 1.165) is 32.6 Å². The molecule has 20 heavy (non-hydrogen) atoms. The van der Waals surface area contributed by atoms with E-state index in [1.165, 1.54) is 12.8 Å². The lowest BCUT2D eigenvalue weighted by Gasteiger charge is -2.30. The Morgan fingerprint density at radius 3 is 2.45 bits per heavy atom. The molecule has 1 saturated heterocycles. The Hall–Kier alpha value is -0.130. The van der Waals surface area contributed by atoms with Crippen LogP contribution in [0.15, 0.2) is 0 Å². The lowest BCUT2D eigenvalue weighted by Crippen LogP contribution is -2.42. The molecule has 4 nitrogen and oxygen atoms in total. The zero-order valence-electron chi connectivity index (χ0n) is 13.6. The molecule has 5 heteroatoms. The molecule has 1 fully saturated rings. The third-order valence-corrected chi connectivity index (χ3v) is 6.65. The molecule has 0 aliphatic carbocycles. The van der Waals surface area contributed by atoms with E-state index >= 15 is 0 Å². The van der Waals surface area contributed by atoms with Gasteiger partial charge in [0, 0.05) is 13.1 Å². The minimum Gasteiger partial charge on any atom is -0.316 e. The van der Waals surface area contributed by atoms with Crippen LogP contribution in [-0.4, -0.2) is 56.5 Å². The number of sulfone groups is 1. The SMILES string of the molecule is CCCN(CCS(=O)(=O)C(C)(C)C)CC1CCCNC1. The Bertz CT molecular complexity index is 368. The first-order valence-electron chi connectivity index (χ1n) is 7.91. The summed E-state index contributed by atoms with van der Waals surface area (Å²) < 4.78 is 23.8. The third kappa shape index (κ3) is 5.70. The Kier molecular flexibility index (Phi) is 6.95. The van der Waals surface area contributed by atoms with Gasteiger partial charge < -0.3 is 10.2 Å². The van der Waals surface area contributed by atoms with Crippen LogP contribution in [0, 0.1) is 5.92 Å². The Balaban J connectivity index is 2.50. The van der Waals surface area contributed by atoms with Crippen LogP contribution < -0.4 is 5.32 Å². The Morgan fingerprint density at radius 2 is 1.95 bits per heavy atom. The summed E-state index contributed by atoms with van der Waals surface area (Å²) in [7, 11) is -3.01. The molecule has 0 aromatic carbocycles. The maximum atomic E-state index is 12.2. The maximum Gasteiger partial charge on any atom is 0.156 e. The molecule has 0 bridgehead atoms. The number of rotatable bonds is 7. The van der Waals surface area contributed by atoms with Crippen molar-refractivity contribution >= 4 is 9.84 Å². The van der Waals surface area contributed by atoms with Gasteiger partial charge in [0.25, 0.3) is 0 Å². The smallest absolute Gasteiger partial charge is 0.156 e. The predicted octanol–water partition coefficient (Wildman–Crippen LogP) is 1.91. The molecular weight excluding hydrogens is 272 g/mol. The fourth-order valence-electron chi connectivity index (χ4n) is 2.61. The van der Waals surface area contributed by atoms with Gasteiger partial charge >= 0.3 is 0 Å². The van der Waals surface area contributed by atoms with E-state index in [4.69, 9.17) is 0 Å². The van der Waals surface area contributed by atoms with Crippen molar-refractivity contribution in [1.82, 2.24) is 10.2 Å². The molecule has 1 N–H and O–H groups in total. The van der Waals surface area contributed by atoms with Crippen molar-refractivity contribution in [1.29, 1.82) is 0 Å². The van der Waals surface area contributed by atoms with E-state index in [2.05, 4.69) is 17.1 Å². The van der Waals surface area contributed by atoms with E-state index in [1.807, 2.05) is 0 Å². The molecule has 0 saturated carbocycles. The highest BCUT2D eigenvalue weighted by molar-refractivity contribution is 7.92. The van der Waals surface area contributed by atoms with Crippen molar-refractivity contribution in [3.05, 3.63) is 0 Å². The van der Waals surface area contributed by atoms with Crippen molar-refractivity contribution in [3.63, 3.8) is 0 Å². The first kappa shape index (κ1) is 17.9. The van der Waals surface area contributed by atoms with E-state index in [9.17, 15) is 8.42 Å². The normalized spacial score (nSPS) is 21.4. The summed E-state index contributed by atoms with van der Waals surface area (Å²) in [5.74, 6) is 0.948. The van der Waals surface area contributed by atoms with Crippen molar-refractivity contribution in [2.24, 2.45) is 5.92 Å². The zero-order valence-corrected chi connectivity index (χ0v) is 14.4. The van der Waals surface area contributed by atoms with Crippen LogP contribution in [-0.2, 0) is 9.84 Å². The van der Waals surface area contributed by atoms with E-state index < -0.39 is 14.6 Å². The molecule has 0 aromatic heterocycles. The highest BCUT2D eigenvalue weighted by Crippen LogP contribution is 2.17. The first-order chi connectivity index (χ1) is 9.26. The summed E-state index contributed by atoms with van der Waals surface area (Å²) in [6.07, 6.45) is 3.58. The van der Waals surface area contributed by atoms with Crippen molar-refractivity contribution < 1.29 is 8.42 Å². The number of hydrogen-bond donors (Lipinski definition) is 1. The molecule has 1 aliphatic heterocycles. The minimum absolute atomic E-state index is 0.274. The summed E-state index contributed by atoms with van der Waals surface area (Å²) in [4.78, 5) is 2.33. The lowest BCUT2D eigenvalue weighted by molar-refractivity contribution is 0.217. The van der Waals surface area contributed by atoms with Gasteiger partial charge in [0.2, 0.25) is 0 Å². The van der Waals surface area contributed by atoms with E-state index in [1.54, 1.807) is 20.8 Å². The quantitative estimate of drug-likeness (QED) is 0.780. The third-order valence-electron chi connectivity index (χ3n) is 4.06. The van der Waals surface area contributed by atoms with Crippen molar-refractivity contribution in [2.45, 2.75) is 51.7 Å². The minimum atomic E-state index is -3.01. The number of piperidine rings is 1. The first-order valence-corrected chi connectivity index (χ1v) is 9.57. The molecule has 120 valence electrons. The van der Waals surface area contributed by atoms with Crippen LogP contribution in [0.2, 0.25) is 0 Å². The molecule has 1 aliphatic rings.